The van der Waals surface area contributed by atoms with Crippen LogP contribution in [-0.4, -0.2) is 25.1 Å². The van der Waals surface area contributed by atoms with Crippen molar-refractivity contribution in [1.29, 1.82) is 0 Å². The van der Waals surface area contributed by atoms with E-state index in [1.165, 1.54) is 4.68 Å². The van der Waals surface area contributed by atoms with Gasteiger partial charge >= 0.3 is 0 Å². The summed E-state index contributed by atoms with van der Waals surface area (Å²) in [5, 5.41) is 12.2. The zero-order valence-electron chi connectivity index (χ0n) is 13.2. The minimum absolute atomic E-state index is 0.235. The van der Waals surface area contributed by atoms with E-state index in [0.717, 1.165) is 21.3 Å². The van der Waals surface area contributed by atoms with Crippen molar-refractivity contribution in [1.82, 2.24) is 25.1 Å². The zero-order valence-corrected chi connectivity index (χ0v) is 14.8. The van der Waals surface area contributed by atoms with E-state index in [1.807, 2.05) is 55.5 Å². The van der Waals surface area contributed by atoms with Gasteiger partial charge in [-0.3, -0.25) is 0 Å². The molecule has 4 aromatic rings. The van der Waals surface area contributed by atoms with Crippen LogP contribution >= 0.6 is 15.9 Å². The first-order valence-corrected chi connectivity index (χ1v) is 8.30. The van der Waals surface area contributed by atoms with Crippen molar-refractivity contribution in [2.45, 2.75) is 6.92 Å². The van der Waals surface area contributed by atoms with Crippen LogP contribution in [0.5, 0.6) is 0 Å². The van der Waals surface area contributed by atoms with Gasteiger partial charge in [0.1, 0.15) is 0 Å². The topological polar surface area (TPSA) is 95.7 Å². The number of hydrogen-bond donors (Lipinski definition) is 1. The van der Waals surface area contributed by atoms with Crippen LogP contribution < -0.4 is 5.73 Å². The van der Waals surface area contributed by atoms with Crippen molar-refractivity contribution in [3.63, 3.8) is 0 Å². The molecule has 0 atom stereocenters. The third-order valence-electron chi connectivity index (χ3n) is 3.79. The van der Waals surface area contributed by atoms with Gasteiger partial charge in [-0.15, -0.1) is 5.10 Å². The second kappa shape index (κ2) is 6.14. The van der Waals surface area contributed by atoms with Crippen LogP contribution in [0.15, 0.2) is 57.5 Å². The number of nitrogens with two attached hydrogens (primary N) is 1. The van der Waals surface area contributed by atoms with E-state index in [0.29, 0.717) is 17.3 Å². The number of halogens is 1. The van der Waals surface area contributed by atoms with E-state index in [1.54, 1.807) is 0 Å². The molecule has 7 nitrogen and oxygen atoms in total. The van der Waals surface area contributed by atoms with Crippen LogP contribution in [0.4, 0.5) is 5.82 Å². The molecule has 0 spiro atoms. The van der Waals surface area contributed by atoms with Crippen molar-refractivity contribution in [2.24, 2.45) is 0 Å². The minimum atomic E-state index is 0.235. The van der Waals surface area contributed by atoms with Gasteiger partial charge in [-0.2, -0.15) is 9.67 Å². The van der Waals surface area contributed by atoms with E-state index in [-0.39, 0.29) is 5.89 Å². The van der Waals surface area contributed by atoms with E-state index < -0.39 is 0 Å². The summed E-state index contributed by atoms with van der Waals surface area (Å²) in [5.41, 5.74) is 9.28. The van der Waals surface area contributed by atoms with E-state index in [9.17, 15) is 0 Å². The molecule has 0 fully saturated rings. The zero-order chi connectivity index (χ0) is 17.4. The number of anilines is 1. The number of aromatic nitrogens is 5. The Hall–Kier alpha value is -3.00. The van der Waals surface area contributed by atoms with Crippen LogP contribution in [-0.2, 0) is 0 Å². The van der Waals surface area contributed by atoms with Gasteiger partial charge in [-0.05, 0) is 36.8 Å². The second-order valence-electron chi connectivity index (χ2n) is 5.45. The molecule has 2 heterocycles. The number of hydrogen-bond acceptors (Lipinski definition) is 6. The quantitative estimate of drug-likeness (QED) is 0.567. The Bertz CT molecular complexity index is 1040. The third kappa shape index (κ3) is 2.80. The summed E-state index contributed by atoms with van der Waals surface area (Å²) >= 11 is 3.40. The van der Waals surface area contributed by atoms with Crippen LogP contribution in [0.25, 0.3) is 28.7 Å². The smallest absolute Gasteiger partial charge is 0.282 e. The molecule has 0 saturated heterocycles. The average molecular weight is 397 g/mol. The number of rotatable bonds is 3. The Morgan fingerprint density at radius 1 is 1.08 bits per heavy atom. The summed E-state index contributed by atoms with van der Waals surface area (Å²) in [6.07, 6.45) is 0. The van der Waals surface area contributed by atoms with E-state index in [4.69, 9.17) is 10.3 Å². The summed E-state index contributed by atoms with van der Waals surface area (Å²) in [4.78, 5) is 4.41. The lowest BCUT2D eigenvalue weighted by Crippen LogP contribution is -2.02. The molecule has 4 rings (SSSR count). The van der Waals surface area contributed by atoms with Gasteiger partial charge in [-0.1, -0.05) is 50.6 Å². The maximum absolute atomic E-state index is 6.18. The third-order valence-corrected chi connectivity index (χ3v) is 4.32. The van der Waals surface area contributed by atoms with E-state index >= 15 is 0 Å². The number of nitrogen functional groups attached to an aromatic ring is 1. The second-order valence-corrected chi connectivity index (χ2v) is 6.37. The first-order chi connectivity index (χ1) is 12.1. The minimum Gasteiger partial charge on any atom is -0.382 e. The fraction of sp³-hybridized carbons (Fsp3) is 0.0588. The highest BCUT2D eigenvalue weighted by molar-refractivity contribution is 9.10. The molecule has 0 amide bonds. The number of nitrogens with zero attached hydrogens (tertiary/aromatic N) is 5. The molecule has 2 aromatic carbocycles. The molecular formula is C17H13BrN6O. The summed E-state index contributed by atoms with van der Waals surface area (Å²) in [5.74, 6) is 1.06. The molecule has 0 aliphatic carbocycles. The number of aryl methyl sites for hydroxylation is 1. The molecule has 8 heteroatoms. The summed E-state index contributed by atoms with van der Waals surface area (Å²) < 4.78 is 7.84. The first kappa shape index (κ1) is 15.5. The van der Waals surface area contributed by atoms with Gasteiger partial charge < -0.3 is 10.3 Å². The molecule has 0 aliphatic rings. The van der Waals surface area contributed by atoms with Gasteiger partial charge in [0, 0.05) is 10.0 Å². The van der Waals surface area contributed by atoms with Crippen molar-refractivity contribution in [3.8, 4) is 28.7 Å². The van der Waals surface area contributed by atoms with Crippen molar-refractivity contribution in [2.75, 3.05) is 5.73 Å². The standard InChI is InChI=1S/C17H13BrN6O/c1-10-4-2-3-5-13(10)16-20-17(25-22-16)14-15(19)24(23-21-14)12-8-6-11(18)7-9-12/h2-9H,19H2,1H3. The Balaban J connectivity index is 1.72. The molecule has 0 aliphatic heterocycles. The lowest BCUT2D eigenvalue weighted by molar-refractivity contribution is 0.431. The normalized spacial score (nSPS) is 11.0. The average Bonchev–Trinajstić information content (AvgIpc) is 3.23. The van der Waals surface area contributed by atoms with Crippen molar-refractivity contribution in [3.05, 3.63) is 58.6 Å². The molecule has 2 aromatic heterocycles. The number of benzene rings is 2. The molecule has 2 N–H and O–H groups in total. The molecule has 0 radical (unpaired) electrons. The fourth-order valence-corrected chi connectivity index (χ4v) is 2.73. The first-order valence-electron chi connectivity index (χ1n) is 7.50. The highest BCUT2D eigenvalue weighted by Gasteiger charge is 2.20. The fourth-order valence-electron chi connectivity index (χ4n) is 2.47. The Kier molecular flexibility index (Phi) is 3.81. The molecule has 0 saturated carbocycles. The maximum atomic E-state index is 6.18. The summed E-state index contributed by atoms with van der Waals surface area (Å²) in [7, 11) is 0. The predicted molar refractivity (Wildman–Crippen MR) is 96.9 cm³/mol. The Morgan fingerprint density at radius 2 is 1.84 bits per heavy atom. The predicted octanol–water partition coefficient (Wildman–Crippen LogP) is 3.64. The lowest BCUT2D eigenvalue weighted by atomic mass is 10.1. The van der Waals surface area contributed by atoms with Gasteiger partial charge in [-0.25, -0.2) is 0 Å². The highest BCUT2D eigenvalue weighted by atomic mass is 79.9. The molecule has 25 heavy (non-hydrogen) atoms. The van der Waals surface area contributed by atoms with Crippen LogP contribution in [0.3, 0.4) is 0 Å². The lowest BCUT2D eigenvalue weighted by Gasteiger charge is -2.02. The SMILES string of the molecule is Cc1ccccc1-c1noc(-c2nnn(-c3ccc(Br)cc3)c2N)n1. The molecule has 0 bridgehead atoms. The monoisotopic (exact) mass is 396 g/mol. The molecule has 124 valence electrons. The van der Waals surface area contributed by atoms with Crippen LogP contribution in [0.2, 0.25) is 0 Å². The van der Waals surface area contributed by atoms with Gasteiger partial charge in [0.2, 0.25) is 5.82 Å². The maximum Gasteiger partial charge on any atom is 0.282 e. The van der Waals surface area contributed by atoms with Gasteiger partial charge in [0.05, 0.1) is 5.69 Å². The molecule has 0 unspecified atom stereocenters. The summed E-state index contributed by atoms with van der Waals surface area (Å²) in [6.45, 7) is 1.99. The molecular weight excluding hydrogens is 384 g/mol. The van der Waals surface area contributed by atoms with Gasteiger partial charge in [0.25, 0.3) is 5.89 Å². The van der Waals surface area contributed by atoms with Gasteiger partial charge in [0.15, 0.2) is 11.5 Å². The highest BCUT2D eigenvalue weighted by Crippen LogP contribution is 2.27. The van der Waals surface area contributed by atoms with E-state index in [2.05, 4.69) is 36.4 Å². The van der Waals surface area contributed by atoms with Crippen LogP contribution in [0.1, 0.15) is 5.56 Å². The van der Waals surface area contributed by atoms with Crippen molar-refractivity contribution < 1.29 is 4.52 Å². The van der Waals surface area contributed by atoms with Crippen LogP contribution in [0, 0.1) is 6.92 Å². The van der Waals surface area contributed by atoms with Crippen molar-refractivity contribution >= 4 is 21.7 Å². The largest absolute Gasteiger partial charge is 0.382 e. The Labute approximate surface area is 151 Å². The summed E-state index contributed by atoms with van der Waals surface area (Å²) in [6, 6.07) is 15.4. The Morgan fingerprint density at radius 3 is 2.60 bits per heavy atom.